The van der Waals surface area contributed by atoms with Crippen LogP contribution in [0.1, 0.15) is 0 Å². The summed E-state index contributed by atoms with van der Waals surface area (Å²) in [6, 6.07) is 13.5. The number of fused-ring (bicyclic) bond motifs is 3. The zero-order chi connectivity index (χ0) is 14.6. The van der Waals surface area contributed by atoms with Crippen molar-refractivity contribution >= 4 is 38.0 Å². The Bertz CT molecular complexity index is 1140. The summed E-state index contributed by atoms with van der Waals surface area (Å²) in [7, 11) is 0. The standard InChI is InChI=1S/C16H11N3O2/c17-14-11-6-9-4-2-1-3-8(9)5-10(11)7-12-13(14)16(21)19-18-15(12)20/h1-7H,17H2,(H,18,20)(H,19,21). The fourth-order valence-electron chi connectivity index (χ4n) is 2.79. The van der Waals surface area contributed by atoms with Crippen LogP contribution in [0.3, 0.4) is 0 Å². The lowest BCUT2D eigenvalue weighted by molar-refractivity contribution is 0.977. The summed E-state index contributed by atoms with van der Waals surface area (Å²) < 4.78 is 0. The van der Waals surface area contributed by atoms with Crippen LogP contribution in [0, 0.1) is 0 Å². The van der Waals surface area contributed by atoms with Gasteiger partial charge in [0, 0.05) is 5.39 Å². The molecule has 0 fully saturated rings. The number of hydrogen-bond acceptors (Lipinski definition) is 3. The molecule has 4 rings (SSSR count). The van der Waals surface area contributed by atoms with E-state index in [-0.39, 0.29) is 10.9 Å². The number of hydrogen-bond donors (Lipinski definition) is 3. The molecule has 0 atom stereocenters. The van der Waals surface area contributed by atoms with Crippen LogP contribution in [-0.4, -0.2) is 10.2 Å². The van der Waals surface area contributed by atoms with Crippen molar-refractivity contribution in [3.8, 4) is 0 Å². The maximum Gasteiger partial charge on any atom is 0.272 e. The molecular weight excluding hydrogens is 266 g/mol. The lowest BCUT2D eigenvalue weighted by Gasteiger charge is -2.08. The average molecular weight is 277 g/mol. The maximum absolute atomic E-state index is 12.0. The molecule has 0 saturated heterocycles. The van der Waals surface area contributed by atoms with E-state index in [2.05, 4.69) is 10.2 Å². The molecule has 1 aromatic heterocycles. The minimum atomic E-state index is -0.392. The van der Waals surface area contributed by atoms with Gasteiger partial charge in [-0.1, -0.05) is 24.3 Å². The quantitative estimate of drug-likeness (QED) is 0.339. The van der Waals surface area contributed by atoms with E-state index in [0.29, 0.717) is 11.1 Å². The number of nitrogen functional groups attached to an aromatic ring is 1. The summed E-state index contributed by atoms with van der Waals surface area (Å²) in [5.41, 5.74) is 5.73. The number of nitrogens with two attached hydrogens (primary N) is 1. The third-order valence-corrected chi connectivity index (χ3v) is 3.81. The maximum atomic E-state index is 12.0. The highest BCUT2D eigenvalue weighted by atomic mass is 16.1. The van der Waals surface area contributed by atoms with Crippen LogP contribution in [0.25, 0.3) is 32.3 Å². The highest BCUT2D eigenvalue weighted by Crippen LogP contribution is 2.30. The van der Waals surface area contributed by atoms with Gasteiger partial charge in [0.25, 0.3) is 11.1 Å². The van der Waals surface area contributed by atoms with Crippen LogP contribution in [0.4, 0.5) is 5.69 Å². The lowest BCUT2D eigenvalue weighted by Crippen LogP contribution is -2.20. The Hall–Kier alpha value is -3.08. The molecule has 21 heavy (non-hydrogen) atoms. The molecule has 0 spiro atoms. The Morgan fingerprint density at radius 3 is 2.14 bits per heavy atom. The molecule has 0 aliphatic rings. The number of rotatable bonds is 0. The van der Waals surface area contributed by atoms with Gasteiger partial charge in [0.05, 0.1) is 16.5 Å². The number of aromatic amines is 2. The van der Waals surface area contributed by atoms with E-state index >= 15 is 0 Å². The first-order chi connectivity index (χ1) is 10.1. The molecule has 0 bridgehead atoms. The van der Waals surface area contributed by atoms with E-state index in [1.54, 1.807) is 6.07 Å². The van der Waals surface area contributed by atoms with E-state index < -0.39 is 5.56 Å². The summed E-state index contributed by atoms with van der Waals surface area (Å²) in [6.07, 6.45) is 0. The first-order valence-corrected chi connectivity index (χ1v) is 6.51. The molecule has 5 nitrogen and oxygen atoms in total. The predicted molar refractivity (Wildman–Crippen MR) is 84.6 cm³/mol. The second-order valence-corrected chi connectivity index (χ2v) is 5.04. The monoisotopic (exact) mass is 277 g/mol. The Morgan fingerprint density at radius 1 is 0.762 bits per heavy atom. The highest BCUT2D eigenvalue weighted by molar-refractivity contribution is 6.13. The van der Waals surface area contributed by atoms with Gasteiger partial charge in [-0.15, -0.1) is 0 Å². The van der Waals surface area contributed by atoms with E-state index in [1.807, 2.05) is 36.4 Å². The van der Waals surface area contributed by atoms with Crippen molar-refractivity contribution in [2.24, 2.45) is 0 Å². The van der Waals surface area contributed by atoms with Crippen LogP contribution in [0.2, 0.25) is 0 Å². The number of anilines is 1. The van der Waals surface area contributed by atoms with Crippen LogP contribution in [0.15, 0.2) is 52.1 Å². The van der Waals surface area contributed by atoms with Gasteiger partial charge >= 0.3 is 0 Å². The largest absolute Gasteiger partial charge is 0.398 e. The minimum Gasteiger partial charge on any atom is -0.398 e. The second kappa shape index (κ2) is 3.96. The molecule has 0 saturated carbocycles. The van der Waals surface area contributed by atoms with Gasteiger partial charge in [-0.25, -0.2) is 0 Å². The first kappa shape index (κ1) is 11.7. The Balaban J connectivity index is 2.33. The molecule has 1 heterocycles. The predicted octanol–water partition coefficient (Wildman–Crippen LogP) is 2.10. The van der Waals surface area contributed by atoms with Crippen molar-refractivity contribution in [3.63, 3.8) is 0 Å². The van der Waals surface area contributed by atoms with E-state index in [0.717, 1.165) is 21.5 Å². The fourth-order valence-corrected chi connectivity index (χ4v) is 2.79. The molecule has 5 heteroatoms. The van der Waals surface area contributed by atoms with Crippen LogP contribution >= 0.6 is 0 Å². The minimum absolute atomic E-state index is 0.238. The zero-order valence-corrected chi connectivity index (χ0v) is 10.9. The Labute approximate surface area is 118 Å². The van der Waals surface area contributed by atoms with Crippen molar-refractivity contribution in [2.45, 2.75) is 0 Å². The lowest BCUT2D eigenvalue weighted by atomic mass is 9.99. The van der Waals surface area contributed by atoms with Gasteiger partial charge in [0.15, 0.2) is 0 Å². The molecule has 4 aromatic rings. The Kier molecular flexibility index (Phi) is 2.21. The summed E-state index contributed by atoms with van der Waals surface area (Å²) in [5, 5.41) is 8.89. The molecule has 0 aliphatic heterocycles. The smallest absolute Gasteiger partial charge is 0.272 e. The molecule has 0 radical (unpaired) electrons. The van der Waals surface area contributed by atoms with Crippen LogP contribution in [-0.2, 0) is 0 Å². The number of H-pyrrole nitrogens is 2. The van der Waals surface area contributed by atoms with Crippen molar-refractivity contribution < 1.29 is 0 Å². The second-order valence-electron chi connectivity index (χ2n) is 5.04. The van der Waals surface area contributed by atoms with E-state index in [9.17, 15) is 9.59 Å². The van der Waals surface area contributed by atoms with Gasteiger partial charge < -0.3 is 5.73 Å². The van der Waals surface area contributed by atoms with E-state index in [4.69, 9.17) is 5.73 Å². The van der Waals surface area contributed by atoms with Crippen LogP contribution < -0.4 is 16.9 Å². The number of nitrogens with one attached hydrogen (secondary N) is 2. The molecule has 102 valence electrons. The van der Waals surface area contributed by atoms with Gasteiger partial charge in [-0.05, 0) is 34.4 Å². The molecule has 0 unspecified atom stereocenters. The van der Waals surface area contributed by atoms with Crippen LogP contribution in [0.5, 0.6) is 0 Å². The topological polar surface area (TPSA) is 91.7 Å². The summed E-state index contributed by atoms with van der Waals surface area (Å²) in [6.45, 7) is 0. The molecule has 0 amide bonds. The van der Waals surface area contributed by atoms with Gasteiger partial charge in [-0.3, -0.25) is 19.8 Å². The molecule has 4 N–H and O–H groups in total. The molecule has 0 aliphatic carbocycles. The third-order valence-electron chi connectivity index (χ3n) is 3.81. The molecule has 3 aromatic carbocycles. The number of benzene rings is 3. The summed E-state index contributed by atoms with van der Waals surface area (Å²) in [4.78, 5) is 23.9. The van der Waals surface area contributed by atoms with Crippen molar-refractivity contribution in [1.82, 2.24) is 10.2 Å². The summed E-state index contributed by atoms with van der Waals surface area (Å²) >= 11 is 0. The normalized spacial score (nSPS) is 11.4. The highest BCUT2D eigenvalue weighted by Gasteiger charge is 2.11. The van der Waals surface area contributed by atoms with E-state index in [1.165, 1.54) is 0 Å². The average Bonchev–Trinajstić information content (AvgIpc) is 2.49. The summed E-state index contributed by atoms with van der Waals surface area (Å²) in [5.74, 6) is 0. The van der Waals surface area contributed by atoms with Crippen molar-refractivity contribution in [2.75, 3.05) is 5.73 Å². The molecular formula is C16H11N3O2. The van der Waals surface area contributed by atoms with Gasteiger partial charge in [0.1, 0.15) is 0 Å². The van der Waals surface area contributed by atoms with Gasteiger partial charge in [0.2, 0.25) is 0 Å². The third kappa shape index (κ3) is 1.57. The zero-order valence-electron chi connectivity index (χ0n) is 10.9. The van der Waals surface area contributed by atoms with Crippen molar-refractivity contribution in [1.29, 1.82) is 0 Å². The first-order valence-electron chi connectivity index (χ1n) is 6.51. The van der Waals surface area contributed by atoms with Crippen molar-refractivity contribution in [3.05, 3.63) is 63.2 Å². The SMILES string of the molecule is Nc1c2cc3ccccc3cc2cc2c(=O)[nH][nH]c(=O)c12. The fraction of sp³-hybridized carbons (Fsp3) is 0. The Morgan fingerprint density at radius 2 is 1.38 bits per heavy atom. The van der Waals surface area contributed by atoms with Gasteiger partial charge in [-0.2, -0.15) is 0 Å². The number of aromatic nitrogens is 2.